The number of halogens is 1. The van der Waals surface area contributed by atoms with Gasteiger partial charge in [-0.05, 0) is 62.7 Å². The summed E-state index contributed by atoms with van der Waals surface area (Å²) in [5, 5.41) is 14.5. The number of hydrogen-bond donors (Lipinski definition) is 1. The molecule has 0 aliphatic heterocycles. The molecule has 4 rings (SSSR count). The summed E-state index contributed by atoms with van der Waals surface area (Å²) in [5.74, 6) is -0.388. The van der Waals surface area contributed by atoms with Crippen molar-refractivity contribution in [3.63, 3.8) is 0 Å². The van der Waals surface area contributed by atoms with E-state index in [9.17, 15) is 14.7 Å². The number of carboxylic acid groups (broad SMARTS) is 1. The summed E-state index contributed by atoms with van der Waals surface area (Å²) in [6.07, 6.45) is 1.66. The lowest BCUT2D eigenvalue weighted by Gasteiger charge is -2.14. The number of aromatic carboxylic acids is 1. The molecule has 0 saturated heterocycles. The normalized spacial score (nSPS) is 11.7. The summed E-state index contributed by atoms with van der Waals surface area (Å²) in [6.45, 7) is 9.66. The van der Waals surface area contributed by atoms with E-state index in [1.165, 1.54) is 4.68 Å². The lowest BCUT2D eigenvalue weighted by atomic mass is 10.1. The molecule has 4 aromatic rings. The average Bonchev–Trinajstić information content (AvgIpc) is 3.06. The topological polar surface area (TPSA) is 89.5 Å². The Labute approximate surface area is 205 Å². The predicted octanol–water partition coefficient (Wildman–Crippen LogP) is 5.58. The van der Waals surface area contributed by atoms with E-state index in [0.717, 1.165) is 27.1 Å². The van der Waals surface area contributed by atoms with Crippen LogP contribution >= 0.6 is 15.9 Å². The summed E-state index contributed by atoms with van der Waals surface area (Å²) in [4.78, 5) is 29.6. The molecule has 0 unspecified atom stereocenters. The number of carboxylic acids is 1. The molecule has 0 saturated carbocycles. The van der Waals surface area contributed by atoms with Crippen molar-refractivity contribution in [2.45, 2.75) is 40.5 Å². The highest BCUT2D eigenvalue weighted by atomic mass is 79.9. The molecule has 0 aliphatic rings. The fourth-order valence-electron chi connectivity index (χ4n) is 4.16. The van der Waals surface area contributed by atoms with Crippen LogP contribution in [-0.4, -0.2) is 31.5 Å². The molecule has 0 fully saturated rings. The quantitative estimate of drug-likeness (QED) is 0.348. The van der Waals surface area contributed by atoms with Crippen molar-refractivity contribution in [3.05, 3.63) is 91.2 Å². The molecule has 2 heterocycles. The van der Waals surface area contributed by atoms with Gasteiger partial charge in [0.05, 0.1) is 22.7 Å². The van der Waals surface area contributed by atoms with Crippen LogP contribution in [0.5, 0.6) is 0 Å². The average molecular weight is 521 g/mol. The predicted molar refractivity (Wildman–Crippen MR) is 138 cm³/mol. The standard InChI is InChI=1S/C26H25BrN4O3/c1-14(2)24-29-22-10-9-19(27)12-21(22)25(32)31(24)28-13-18-11-15(3)30(17(18)5)23-8-6-7-20(16(23)4)26(33)34/h6-14H,1-5H3,(H,33,34). The Hall–Kier alpha value is -3.52. The molecule has 34 heavy (non-hydrogen) atoms. The molecule has 7 nitrogen and oxygen atoms in total. The first kappa shape index (κ1) is 23.6. The molecular weight excluding hydrogens is 496 g/mol. The smallest absolute Gasteiger partial charge is 0.336 e. The van der Waals surface area contributed by atoms with Crippen LogP contribution in [0, 0.1) is 20.8 Å². The van der Waals surface area contributed by atoms with Gasteiger partial charge < -0.3 is 9.67 Å². The third-order valence-corrected chi connectivity index (χ3v) is 6.40. The van der Waals surface area contributed by atoms with Crippen LogP contribution < -0.4 is 5.56 Å². The van der Waals surface area contributed by atoms with Gasteiger partial charge in [0.1, 0.15) is 5.82 Å². The van der Waals surface area contributed by atoms with Crippen LogP contribution in [0.1, 0.15) is 58.5 Å². The zero-order valence-electron chi connectivity index (χ0n) is 19.6. The number of carbonyl (C=O) groups is 1. The maximum absolute atomic E-state index is 13.3. The lowest BCUT2D eigenvalue weighted by Crippen LogP contribution is -2.23. The molecule has 1 N–H and O–H groups in total. The number of aryl methyl sites for hydroxylation is 1. The van der Waals surface area contributed by atoms with Crippen molar-refractivity contribution in [1.29, 1.82) is 0 Å². The molecule has 8 heteroatoms. The summed E-state index contributed by atoms with van der Waals surface area (Å²) >= 11 is 3.42. The van der Waals surface area contributed by atoms with E-state index in [2.05, 4.69) is 26.0 Å². The van der Waals surface area contributed by atoms with Gasteiger partial charge in [-0.2, -0.15) is 9.78 Å². The van der Waals surface area contributed by atoms with Crippen LogP contribution in [-0.2, 0) is 0 Å². The lowest BCUT2D eigenvalue weighted by molar-refractivity contribution is 0.0696. The minimum Gasteiger partial charge on any atom is -0.478 e. The van der Waals surface area contributed by atoms with Gasteiger partial charge in [0.25, 0.3) is 5.56 Å². The molecule has 0 radical (unpaired) electrons. The number of nitrogens with zero attached hydrogens (tertiary/aromatic N) is 4. The number of fused-ring (bicyclic) bond motifs is 1. The van der Waals surface area contributed by atoms with Crippen molar-refractivity contribution in [2.24, 2.45) is 5.10 Å². The summed E-state index contributed by atoms with van der Waals surface area (Å²) in [6, 6.07) is 12.6. The zero-order valence-corrected chi connectivity index (χ0v) is 21.2. The molecule has 2 aromatic carbocycles. The molecule has 2 aromatic heterocycles. The van der Waals surface area contributed by atoms with Crippen molar-refractivity contribution < 1.29 is 9.90 Å². The third-order valence-electron chi connectivity index (χ3n) is 5.91. The monoisotopic (exact) mass is 520 g/mol. The first-order chi connectivity index (χ1) is 16.1. The van der Waals surface area contributed by atoms with E-state index < -0.39 is 5.97 Å². The highest BCUT2D eigenvalue weighted by Gasteiger charge is 2.17. The molecular formula is C26H25BrN4O3. The first-order valence-electron chi connectivity index (χ1n) is 10.9. The Balaban J connectivity index is 1.85. The maximum atomic E-state index is 13.3. The van der Waals surface area contributed by atoms with E-state index in [1.807, 2.05) is 56.5 Å². The Morgan fingerprint density at radius 1 is 1.15 bits per heavy atom. The van der Waals surface area contributed by atoms with Gasteiger partial charge in [-0.3, -0.25) is 4.79 Å². The Morgan fingerprint density at radius 2 is 1.88 bits per heavy atom. The van der Waals surface area contributed by atoms with Crippen LogP contribution in [0.3, 0.4) is 0 Å². The highest BCUT2D eigenvalue weighted by Crippen LogP contribution is 2.25. The molecule has 0 spiro atoms. The van der Waals surface area contributed by atoms with E-state index in [0.29, 0.717) is 22.3 Å². The summed E-state index contributed by atoms with van der Waals surface area (Å²) in [5.41, 5.74) is 4.80. The zero-order chi connectivity index (χ0) is 24.7. The van der Waals surface area contributed by atoms with Gasteiger partial charge >= 0.3 is 5.97 Å². The molecule has 174 valence electrons. The second-order valence-electron chi connectivity index (χ2n) is 8.56. The van der Waals surface area contributed by atoms with Crippen LogP contribution in [0.15, 0.2) is 56.8 Å². The van der Waals surface area contributed by atoms with Crippen LogP contribution in [0.25, 0.3) is 16.6 Å². The summed E-state index contributed by atoms with van der Waals surface area (Å²) < 4.78 is 4.17. The Morgan fingerprint density at radius 3 is 2.56 bits per heavy atom. The first-order valence-corrected chi connectivity index (χ1v) is 11.7. The minimum absolute atomic E-state index is 0.00765. The fourth-order valence-corrected chi connectivity index (χ4v) is 4.52. The van der Waals surface area contributed by atoms with E-state index in [-0.39, 0.29) is 17.0 Å². The van der Waals surface area contributed by atoms with Gasteiger partial charge in [0.2, 0.25) is 0 Å². The van der Waals surface area contributed by atoms with Crippen molar-refractivity contribution in [1.82, 2.24) is 14.2 Å². The van der Waals surface area contributed by atoms with Gasteiger partial charge in [0, 0.05) is 33.0 Å². The highest BCUT2D eigenvalue weighted by molar-refractivity contribution is 9.10. The van der Waals surface area contributed by atoms with E-state index >= 15 is 0 Å². The van der Waals surface area contributed by atoms with Gasteiger partial charge in [-0.25, -0.2) is 9.78 Å². The third kappa shape index (κ3) is 4.09. The van der Waals surface area contributed by atoms with Gasteiger partial charge in [-0.1, -0.05) is 35.8 Å². The summed E-state index contributed by atoms with van der Waals surface area (Å²) in [7, 11) is 0. The number of aromatic nitrogens is 3. The van der Waals surface area contributed by atoms with Crippen molar-refractivity contribution in [3.8, 4) is 5.69 Å². The Kier molecular flexibility index (Phi) is 6.27. The molecule has 0 atom stereocenters. The maximum Gasteiger partial charge on any atom is 0.336 e. The minimum atomic E-state index is -0.959. The number of hydrogen-bond acceptors (Lipinski definition) is 4. The molecule has 0 bridgehead atoms. The van der Waals surface area contributed by atoms with Gasteiger partial charge in [0.15, 0.2) is 0 Å². The second kappa shape index (κ2) is 9.02. The molecule has 0 aliphatic carbocycles. The molecule has 0 amide bonds. The van der Waals surface area contributed by atoms with E-state index in [4.69, 9.17) is 0 Å². The number of rotatable bonds is 5. The van der Waals surface area contributed by atoms with E-state index in [1.54, 1.807) is 31.3 Å². The van der Waals surface area contributed by atoms with Gasteiger partial charge in [-0.15, -0.1) is 0 Å². The fraction of sp³-hybridized carbons (Fsp3) is 0.231. The van der Waals surface area contributed by atoms with Crippen molar-refractivity contribution in [2.75, 3.05) is 0 Å². The van der Waals surface area contributed by atoms with Crippen LogP contribution in [0.4, 0.5) is 0 Å². The SMILES string of the molecule is Cc1c(C(=O)O)cccc1-n1c(C)cc(C=Nn2c(C(C)C)nc3ccc(Br)cc3c2=O)c1C. The van der Waals surface area contributed by atoms with Crippen molar-refractivity contribution >= 4 is 39.0 Å². The number of benzene rings is 2. The van der Waals surface area contributed by atoms with Crippen LogP contribution in [0.2, 0.25) is 0 Å². The largest absolute Gasteiger partial charge is 0.478 e. The Bertz CT molecular complexity index is 1530. The second-order valence-corrected chi connectivity index (χ2v) is 9.48.